The number of aliphatic hydroxyl groups excluding tert-OH is 11. The van der Waals surface area contributed by atoms with Gasteiger partial charge in [-0.2, -0.15) is 0 Å². The number of rotatable bonds is 7. The van der Waals surface area contributed by atoms with E-state index in [0.717, 1.165) is 0 Å². The molecule has 11 N–H and O–H groups in total. The summed E-state index contributed by atoms with van der Waals surface area (Å²) in [4.78, 5) is 0. The highest BCUT2D eigenvalue weighted by molar-refractivity contribution is 8.00. The van der Waals surface area contributed by atoms with Crippen LogP contribution in [0.5, 0.6) is 0 Å². The summed E-state index contributed by atoms with van der Waals surface area (Å²) in [6.07, 6.45) is -20.9. The monoisotopic (exact) mass is 520 g/mol. The second-order valence-electron chi connectivity index (χ2n) is 8.33. The fourth-order valence-corrected chi connectivity index (χ4v) is 5.44. The molecule has 0 saturated carbocycles. The van der Waals surface area contributed by atoms with Gasteiger partial charge >= 0.3 is 0 Å². The Kier molecular flexibility index (Phi) is 9.88. The summed E-state index contributed by atoms with van der Waals surface area (Å²) < 4.78 is 21.5. The molecule has 0 amide bonds. The van der Waals surface area contributed by atoms with Gasteiger partial charge in [-0.05, 0) is 0 Å². The smallest absolute Gasteiger partial charge is 0.184 e. The van der Waals surface area contributed by atoms with Gasteiger partial charge in [-0.15, -0.1) is 11.8 Å². The van der Waals surface area contributed by atoms with Crippen molar-refractivity contribution in [1.29, 1.82) is 0 Å². The van der Waals surface area contributed by atoms with Gasteiger partial charge in [0.1, 0.15) is 66.5 Å². The van der Waals surface area contributed by atoms with E-state index in [1.165, 1.54) is 0 Å². The molecule has 0 aliphatic carbocycles. The molecule has 15 nitrogen and oxygen atoms in total. The Morgan fingerprint density at radius 2 is 1.06 bits per heavy atom. The van der Waals surface area contributed by atoms with E-state index in [9.17, 15) is 56.2 Å². The van der Waals surface area contributed by atoms with Gasteiger partial charge in [0.05, 0.1) is 31.2 Å². The molecule has 0 unspecified atom stereocenters. The summed E-state index contributed by atoms with van der Waals surface area (Å²) in [7, 11) is 0. The lowest BCUT2D eigenvalue weighted by Gasteiger charge is -2.47. The minimum absolute atomic E-state index is 0.601. The molecule has 0 aromatic carbocycles. The van der Waals surface area contributed by atoms with E-state index in [4.69, 9.17) is 18.9 Å². The first-order valence-electron chi connectivity index (χ1n) is 10.6. The maximum Gasteiger partial charge on any atom is 0.184 e. The van der Waals surface area contributed by atoms with Crippen molar-refractivity contribution in [1.82, 2.24) is 0 Å². The molecule has 3 saturated heterocycles. The van der Waals surface area contributed by atoms with Crippen LogP contribution in [0.2, 0.25) is 0 Å². The number of thioether (sulfide) groups is 1. The van der Waals surface area contributed by atoms with E-state index in [0.29, 0.717) is 11.8 Å². The van der Waals surface area contributed by atoms with Crippen molar-refractivity contribution in [2.75, 3.05) is 19.8 Å². The van der Waals surface area contributed by atoms with Crippen molar-refractivity contribution in [3.63, 3.8) is 0 Å². The number of aliphatic hydroxyl groups is 11. The Bertz CT molecular complexity index is 644. The van der Waals surface area contributed by atoms with Gasteiger partial charge in [0, 0.05) is 0 Å². The van der Waals surface area contributed by atoms with Gasteiger partial charge in [-0.3, -0.25) is 0 Å². The molecule has 34 heavy (non-hydrogen) atoms. The van der Waals surface area contributed by atoms with E-state index >= 15 is 0 Å². The van der Waals surface area contributed by atoms with Gasteiger partial charge in [-0.25, -0.2) is 0 Å². The van der Waals surface area contributed by atoms with Gasteiger partial charge in [0.2, 0.25) is 0 Å². The normalized spacial score (nSPS) is 52.5. The summed E-state index contributed by atoms with van der Waals surface area (Å²) in [5, 5.41) is 109. The van der Waals surface area contributed by atoms with Crippen molar-refractivity contribution in [2.24, 2.45) is 0 Å². The maximum atomic E-state index is 10.7. The molecule has 15 atom stereocenters. The predicted molar refractivity (Wildman–Crippen MR) is 108 cm³/mol. The Morgan fingerprint density at radius 1 is 0.559 bits per heavy atom. The van der Waals surface area contributed by atoms with E-state index in [1.807, 2.05) is 0 Å². The van der Waals surface area contributed by atoms with Crippen LogP contribution in [-0.4, -0.2) is 166 Å². The van der Waals surface area contributed by atoms with Crippen molar-refractivity contribution >= 4 is 11.8 Å². The third-order valence-corrected chi connectivity index (χ3v) is 7.57. The zero-order valence-electron chi connectivity index (χ0n) is 17.7. The quantitative estimate of drug-likeness (QED) is 0.149. The molecule has 3 aliphatic heterocycles. The summed E-state index contributed by atoms with van der Waals surface area (Å²) >= 11 is 0.601. The zero-order chi connectivity index (χ0) is 25.3. The zero-order valence-corrected chi connectivity index (χ0v) is 18.6. The van der Waals surface area contributed by atoms with Crippen LogP contribution in [-0.2, 0) is 18.9 Å². The molecule has 3 aliphatic rings. The molecule has 16 heteroatoms. The highest BCUT2D eigenvalue weighted by Gasteiger charge is 2.53. The van der Waals surface area contributed by atoms with Crippen LogP contribution in [0.3, 0.4) is 0 Å². The van der Waals surface area contributed by atoms with Gasteiger partial charge < -0.3 is 75.1 Å². The number of hydrogen-bond donors (Lipinski definition) is 11. The molecule has 0 aromatic heterocycles. The van der Waals surface area contributed by atoms with E-state index in [2.05, 4.69) is 0 Å². The molecular weight excluding hydrogens is 488 g/mol. The van der Waals surface area contributed by atoms with Crippen molar-refractivity contribution < 1.29 is 75.1 Å². The van der Waals surface area contributed by atoms with Crippen molar-refractivity contribution in [3.05, 3.63) is 0 Å². The Hall–Kier alpha value is -0.250. The largest absolute Gasteiger partial charge is 0.394 e. The van der Waals surface area contributed by atoms with Crippen molar-refractivity contribution in [2.45, 2.75) is 90.4 Å². The minimum atomic E-state index is -1.85. The van der Waals surface area contributed by atoms with Crippen LogP contribution in [0.4, 0.5) is 0 Å². The van der Waals surface area contributed by atoms with Crippen LogP contribution >= 0.6 is 11.8 Å². The standard InChI is InChI=1S/C18H32O15S/c19-1-4-8(23)11(26)14(16(29)30-4)33-17-15(12(27)9(24)5(2-20)31-17)34-18-13(28)10(25)7(22)6(3-21)32-18/h4-29H,1-3H2/t4-,5-,6-,7-,8-,9-,10+,11+,12+,13+,14+,15+,16-,17+,18+/m1/s1. The molecule has 3 fully saturated rings. The molecular formula is C18H32O15S. The van der Waals surface area contributed by atoms with Crippen LogP contribution < -0.4 is 0 Å². The molecule has 0 bridgehead atoms. The Labute approximate surface area is 197 Å². The number of hydrogen-bond acceptors (Lipinski definition) is 16. The molecule has 200 valence electrons. The highest BCUT2D eigenvalue weighted by Crippen LogP contribution is 2.39. The Balaban J connectivity index is 1.82. The third-order valence-electron chi connectivity index (χ3n) is 6.10. The van der Waals surface area contributed by atoms with E-state index in [-0.39, 0.29) is 0 Å². The van der Waals surface area contributed by atoms with Crippen LogP contribution in [0.15, 0.2) is 0 Å². The molecule has 0 aromatic rings. The van der Waals surface area contributed by atoms with Gasteiger partial charge in [0.15, 0.2) is 12.6 Å². The van der Waals surface area contributed by atoms with Crippen molar-refractivity contribution in [3.8, 4) is 0 Å². The lowest BCUT2D eigenvalue weighted by atomic mass is 9.98. The first-order valence-corrected chi connectivity index (χ1v) is 11.5. The van der Waals surface area contributed by atoms with Gasteiger partial charge in [0.25, 0.3) is 0 Å². The fourth-order valence-electron chi connectivity index (χ4n) is 4.02. The molecule has 0 spiro atoms. The molecule has 3 heterocycles. The second kappa shape index (κ2) is 11.9. The summed E-state index contributed by atoms with van der Waals surface area (Å²) in [5.74, 6) is 0. The van der Waals surface area contributed by atoms with Crippen LogP contribution in [0.1, 0.15) is 0 Å². The van der Waals surface area contributed by atoms with Crippen LogP contribution in [0.25, 0.3) is 0 Å². The third kappa shape index (κ3) is 5.52. The highest BCUT2D eigenvalue weighted by atomic mass is 32.2. The topological polar surface area (TPSA) is 259 Å². The SMILES string of the molecule is OC[C@H]1O[C@@H](S[C@@H]2[C@H](O[C@H]3[C@@H](O)[C@H](O)[C@@H](CO)O[C@H]3O)O[C@H](CO)[C@@H](O)[C@@H]2O)[C@@H](O)[C@@H](O)[C@@H]1O. The number of ether oxygens (including phenoxy) is 4. The summed E-state index contributed by atoms with van der Waals surface area (Å²) in [6.45, 7) is -2.17. The average Bonchev–Trinajstić information content (AvgIpc) is 2.83. The molecule has 3 rings (SSSR count). The first kappa shape index (κ1) is 28.3. The van der Waals surface area contributed by atoms with E-state index in [1.54, 1.807) is 0 Å². The summed E-state index contributed by atoms with van der Waals surface area (Å²) in [6, 6.07) is 0. The predicted octanol–water partition coefficient (Wildman–Crippen LogP) is -6.86. The van der Waals surface area contributed by atoms with Crippen LogP contribution in [0, 0.1) is 0 Å². The average molecular weight is 521 g/mol. The fraction of sp³-hybridized carbons (Fsp3) is 1.00. The lowest BCUT2D eigenvalue weighted by Crippen LogP contribution is -2.64. The minimum Gasteiger partial charge on any atom is -0.394 e. The summed E-state index contributed by atoms with van der Waals surface area (Å²) in [5.41, 5.74) is -1.37. The maximum absolute atomic E-state index is 10.7. The second-order valence-corrected chi connectivity index (χ2v) is 9.62. The lowest BCUT2D eigenvalue weighted by molar-refractivity contribution is -0.341. The van der Waals surface area contributed by atoms with Gasteiger partial charge in [-0.1, -0.05) is 0 Å². The molecule has 0 radical (unpaired) electrons. The Morgan fingerprint density at radius 3 is 1.65 bits per heavy atom. The first-order chi connectivity index (χ1) is 16.0. The van der Waals surface area contributed by atoms with E-state index < -0.39 is 110 Å².